The van der Waals surface area contributed by atoms with E-state index in [9.17, 15) is 4.79 Å². The third-order valence-electron chi connectivity index (χ3n) is 2.21. The molecular weight excluding hydrogens is 170 g/mol. The second-order valence-corrected chi connectivity index (χ2v) is 3.27. The molecule has 4 N–H and O–H groups in total. The molecule has 0 spiro atoms. The molecular formula is C8H17N3O2. The van der Waals surface area contributed by atoms with E-state index >= 15 is 0 Å². The minimum absolute atomic E-state index is 0.196. The Bertz CT molecular complexity index is 169. The number of nitrogens with one attached hydrogen (secondary N) is 2. The standard InChI is InChI=1S/C8H17N3O2/c1-6(8(12)11-9)10-5-7-3-2-4-13-7/h6-7,10H,2-5,9H2,1H3,(H,11,12)/t6-,7-/m0/s1. The molecule has 76 valence electrons. The predicted octanol–water partition coefficient (Wildman–Crippen LogP) is -0.867. The lowest BCUT2D eigenvalue weighted by Gasteiger charge is -2.15. The minimum atomic E-state index is -0.255. The summed E-state index contributed by atoms with van der Waals surface area (Å²) in [5.74, 6) is 4.79. The fourth-order valence-electron chi connectivity index (χ4n) is 1.33. The van der Waals surface area contributed by atoms with Crippen molar-refractivity contribution >= 4 is 5.91 Å². The Balaban J connectivity index is 2.13. The summed E-state index contributed by atoms with van der Waals surface area (Å²) < 4.78 is 5.39. The van der Waals surface area contributed by atoms with Crippen molar-refractivity contribution < 1.29 is 9.53 Å². The molecule has 1 rings (SSSR count). The minimum Gasteiger partial charge on any atom is -0.377 e. The first-order valence-electron chi connectivity index (χ1n) is 4.59. The highest BCUT2D eigenvalue weighted by molar-refractivity contribution is 5.80. The summed E-state index contributed by atoms with van der Waals surface area (Å²) in [7, 11) is 0. The van der Waals surface area contributed by atoms with Crippen molar-refractivity contribution in [3.8, 4) is 0 Å². The van der Waals surface area contributed by atoms with E-state index in [1.807, 2.05) is 0 Å². The van der Waals surface area contributed by atoms with E-state index < -0.39 is 0 Å². The molecule has 0 bridgehead atoms. The maximum Gasteiger partial charge on any atom is 0.250 e. The molecule has 0 aromatic heterocycles. The summed E-state index contributed by atoms with van der Waals surface area (Å²) in [4.78, 5) is 11.0. The van der Waals surface area contributed by atoms with Crippen LogP contribution < -0.4 is 16.6 Å². The maximum atomic E-state index is 11.0. The van der Waals surface area contributed by atoms with Gasteiger partial charge in [0.05, 0.1) is 12.1 Å². The predicted molar refractivity (Wildman–Crippen MR) is 48.8 cm³/mol. The van der Waals surface area contributed by atoms with Crippen LogP contribution in [0, 0.1) is 0 Å². The van der Waals surface area contributed by atoms with Crippen LogP contribution in [0.1, 0.15) is 19.8 Å². The average molecular weight is 187 g/mol. The van der Waals surface area contributed by atoms with Crippen LogP contribution in [-0.4, -0.2) is 31.2 Å². The lowest BCUT2D eigenvalue weighted by Crippen LogP contribution is -2.46. The molecule has 13 heavy (non-hydrogen) atoms. The fourth-order valence-corrected chi connectivity index (χ4v) is 1.33. The van der Waals surface area contributed by atoms with Crippen molar-refractivity contribution in [3.05, 3.63) is 0 Å². The molecule has 0 radical (unpaired) electrons. The van der Waals surface area contributed by atoms with E-state index in [1.165, 1.54) is 0 Å². The summed E-state index contributed by atoms with van der Waals surface area (Å²) in [5, 5.41) is 3.06. The van der Waals surface area contributed by atoms with E-state index in [1.54, 1.807) is 6.92 Å². The highest BCUT2D eigenvalue weighted by Crippen LogP contribution is 2.10. The van der Waals surface area contributed by atoms with Gasteiger partial charge >= 0.3 is 0 Å². The second-order valence-electron chi connectivity index (χ2n) is 3.27. The molecule has 1 saturated heterocycles. The Morgan fingerprint density at radius 3 is 3.08 bits per heavy atom. The van der Waals surface area contributed by atoms with Gasteiger partial charge in [-0.2, -0.15) is 0 Å². The molecule has 2 atom stereocenters. The zero-order valence-electron chi connectivity index (χ0n) is 7.88. The van der Waals surface area contributed by atoms with Gasteiger partial charge in [-0.05, 0) is 19.8 Å². The summed E-state index contributed by atoms with van der Waals surface area (Å²) in [5.41, 5.74) is 2.10. The molecule has 1 amide bonds. The first-order valence-corrected chi connectivity index (χ1v) is 4.59. The van der Waals surface area contributed by atoms with E-state index in [2.05, 4.69) is 10.7 Å². The lowest BCUT2D eigenvalue weighted by atomic mass is 10.2. The zero-order valence-corrected chi connectivity index (χ0v) is 7.88. The maximum absolute atomic E-state index is 11.0. The van der Waals surface area contributed by atoms with Crippen LogP contribution >= 0.6 is 0 Å². The Morgan fingerprint density at radius 2 is 2.54 bits per heavy atom. The Labute approximate surface area is 78.0 Å². The van der Waals surface area contributed by atoms with Crippen LogP contribution in [0.15, 0.2) is 0 Å². The molecule has 0 aromatic carbocycles. The molecule has 0 aromatic rings. The third kappa shape index (κ3) is 3.30. The number of amides is 1. The monoisotopic (exact) mass is 187 g/mol. The number of hydrogen-bond donors (Lipinski definition) is 3. The van der Waals surface area contributed by atoms with Gasteiger partial charge in [0.1, 0.15) is 0 Å². The molecule has 1 aliphatic heterocycles. The van der Waals surface area contributed by atoms with Crippen molar-refractivity contribution in [2.45, 2.75) is 31.9 Å². The number of ether oxygens (including phenoxy) is 1. The third-order valence-corrected chi connectivity index (χ3v) is 2.21. The van der Waals surface area contributed by atoms with E-state index in [0.717, 1.165) is 19.4 Å². The molecule has 0 aliphatic carbocycles. The van der Waals surface area contributed by atoms with Gasteiger partial charge in [-0.3, -0.25) is 10.2 Å². The number of nitrogens with two attached hydrogens (primary N) is 1. The summed E-state index contributed by atoms with van der Waals surface area (Å²) in [6.07, 6.45) is 2.45. The van der Waals surface area contributed by atoms with Crippen LogP contribution in [0.3, 0.4) is 0 Å². The Hall–Kier alpha value is -0.650. The van der Waals surface area contributed by atoms with Gasteiger partial charge < -0.3 is 10.1 Å². The number of rotatable bonds is 4. The number of hydrogen-bond acceptors (Lipinski definition) is 4. The molecule has 0 saturated carbocycles. The van der Waals surface area contributed by atoms with Crippen LogP contribution in [0.5, 0.6) is 0 Å². The van der Waals surface area contributed by atoms with Crippen molar-refractivity contribution in [2.75, 3.05) is 13.2 Å². The summed E-state index contributed by atoms with van der Waals surface area (Å²) in [6, 6.07) is -0.255. The fraction of sp³-hybridized carbons (Fsp3) is 0.875. The molecule has 1 aliphatic rings. The van der Waals surface area contributed by atoms with Gasteiger partial charge in [-0.1, -0.05) is 0 Å². The van der Waals surface area contributed by atoms with Gasteiger partial charge in [0.15, 0.2) is 0 Å². The first-order chi connectivity index (χ1) is 6.24. The van der Waals surface area contributed by atoms with Crippen molar-refractivity contribution in [1.29, 1.82) is 0 Å². The molecule has 5 nitrogen and oxygen atoms in total. The van der Waals surface area contributed by atoms with Crippen molar-refractivity contribution in [1.82, 2.24) is 10.7 Å². The molecule has 0 unspecified atom stereocenters. The van der Waals surface area contributed by atoms with Crippen molar-refractivity contribution in [3.63, 3.8) is 0 Å². The summed E-state index contributed by atoms with van der Waals surface area (Å²) in [6.45, 7) is 3.33. The second kappa shape index (κ2) is 5.16. The van der Waals surface area contributed by atoms with Crippen LogP contribution in [0.4, 0.5) is 0 Å². The topological polar surface area (TPSA) is 76.4 Å². The first kappa shape index (κ1) is 10.4. The summed E-state index contributed by atoms with van der Waals surface area (Å²) >= 11 is 0. The Kier molecular flexibility index (Phi) is 4.14. The highest BCUT2D eigenvalue weighted by Gasteiger charge is 2.17. The number of carbonyl (C=O) groups excluding carboxylic acids is 1. The Morgan fingerprint density at radius 1 is 1.77 bits per heavy atom. The van der Waals surface area contributed by atoms with Gasteiger partial charge in [-0.25, -0.2) is 5.84 Å². The van der Waals surface area contributed by atoms with Crippen LogP contribution in [0.2, 0.25) is 0 Å². The van der Waals surface area contributed by atoms with Crippen LogP contribution in [-0.2, 0) is 9.53 Å². The van der Waals surface area contributed by atoms with Gasteiger partial charge in [-0.15, -0.1) is 0 Å². The number of carbonyl (C=O) groups is 1. The quantitative estimate of drug-likeness (QED) is 0.304. The zero-order chi connectivity index (χ0) is 9.68. The SMILES string of the molecule is C[C@H](NC[C@@H]1CCCO1)C(=O)NN. The normalized spacial score (nSPS) is 24.3. The lowest BCUT2D eigenvalue weighted by molar-refractivity contribution is -0.122. The van der Waals surface area contributed by atoms with E-state index in [-0.39, 0.29) is 18.1 Å². The molecule has 1 heterocycles. The van der Waals surface area contributed by atoms with Crippen molar-refractivity contribution in [2.24, 2.45) is 5.84 Å². The highest BCUT2D eigenvalue weighted by atomic mass is 16.5. The van der Waals surface area contributed by atoms with E-state index in [4.69, 9.17) is 10.6 Å². The average Bonchev–Trinajstić information content (AvgIpc) is 2.65. The van der Waals surface area contributed by atoms with Gasteiger partial charge in [0.2, 0.25) is 0 Å². The molecule has 5 heteroatoms. The van der Waals surface area contributed by atoms with Crippen LogP contribution in [0.25, 0.3) is 0 Å². The number of hydrazine groups is 1. The van der Waals surface area contributed by atoms with Gasteiger partial charge in [0, 0.05) is 13.2 Å². The largest absolute Gasteiger partial charge is 0.377 e. The molecule has 1 fully saturated rings. The smallest absolute Gasteiger partial charge is 0.250 e. The van der Waals surface area contributed by atoms with E-state index in [0.29, 0.717) is 6.54 Å². The van der Waals surface area contributed by atoms with Gasteiger partial charge in [0.25, 0.3) is 5.91 Å².